The molecule has 0 unspecified atom stereocenters. The number of aryl methyl sites for hydroxylation is 1. The van der Waals surface area contributed by atoms with E-state index in [0.717, 1.165) is 0 Å². The molecule has 4 aromatic carbocycles. The lowest BCUT2D eigenvalue weighted by atomic mass is 10.0. The van der Waals surface area contributed by atoms with Gasteiger partial charge in [-0.05, 0) is 61.2 Å². The molecule has 4 rings (SSSR count). The highest BCUT2D eigenvalue weighted by Crippen LogP contribution is 2.41. The van der Waals surface area contributed by atoms with Crippen molar-refractivity contribution in [2.75, 3.05) is 11.9 Å². The molecule has 0 fully saturated rings. The summed E-state index contributed by atoms with van der Waals surface area (Å²) in [5.74, 6) is -0.729. The summed E-state index contributed by atoms with van der Waals surface area (Å²) in [4.78, 5) is 12.7. The Morgan fingerprint density at radius 2 is 1.79 bits per heavy atom. The highest BCUT2D eigenvalue weighted by Gasteiger charge is 2.21. The summed E-state index contributed by atoms with van der Waals surface area (Å²) >= 11 is 12.3. The van der Waals surface area contributed by atoms with E-state index >= 15 is 0 Å². The predicted molar refractivity (Wildman–Crippen MR) is 146 cm³/mol. The number of amides is 1. The van der Waals surface area contributed by atoms with Crippen molar-refractivity contribution in [3.63, 3.8) is 0 Å². The number of benzene rings is 4. The molecule has 1 amide bonds. The van der Waals surface area contributed by atoms with Crippen LogP contribution in [-0.2, 0) is 10.1 Å². The number of phenols is 1. The van der Waals surface area contributed by atoms with Crippen LogP contribution in [0.3, 0.4) is 0 Å². The Morgan fingerprint density at radius 3 is 2.50 bits per heavy atom. The van der Waals surface area contributed by atoms with Gasteiger partial charge in [-0.15, -0.1) is 10.2 Å². The number of hydrogen-bond donors (Lipinski definition) is 3. The number of ether oxygens (including phenoxy) is 1. The molecule has 0 heterocycles. The number of rotatable bonds is 7. The number of azo groups is 1. The fraction of sp³-hybridized carbons (Fsp3) is 0.115. The Morgan fingerprint density at radius 1 is 1.05 bits per heavy atom. The second-order valence-corrected chi connectivity index (χ2v) is 10.3. The molecule has 0 aromatic heterocycles. The fourth-order valence-electron chi connectivity index (χ4n) is 3.74. The molecule has 0 saturated heterocycles. The molecule has 3 N–H and O–H groups in total. The van der Waals surface area contributed by atoms with E-state index in [0.29, 0.717) is 39.4 Å². The zero-order valence-electron chi connectivity index (χ0n) is 20.1. The lowest BCUT2D eigenvalue weighted by molar-refractivity contribution is 0.102. The van der Waals surface area contributed by atoms with Gasteiger partial charge in [-0.3, -0.25) is 9.35 Å². The summed E-state index contributed by atoms with van der Waals surface area (Å²) in [6.45, 7) is 3.75. The molecule has 0 saturated carbocycles. The van der Waals surface area contributed by atoms with E-state index in [4.69, 9.17) is 27.9 Å². The van der Waals surface area contributed by atoms with Crippen LogP contribution in [0.15, 0.2) is 75.8 Å². The Bertz CT molecular complexity index is 1710. The number of hydrogen-bond acceptors (Lipinski definition) is 7. The van der Waals surface area contributed by atoms with Gasteiger partial charge in [-0.2, -0.15) is 8.42 Å². The first-order chi connectivity index (χ1) is 18.0. The molecule has 12 heteroatoms. The number of carbonyl (C=O) groups excluding carboxylic acids is 1. The Balaban J connectivity index is 1.82. The first kappa shape index (κ1) is 27.3. The van der Waals surface area contributed by atoms with Crippen molar-refractivity contribution in [2.45, 2.75) is 18.7 Å². The van der Waals surface area contributed by atoms with Crippen LogP contribution in [0.5, 0.6) is 11.5 Å². The molecule has 0 aliphatic rings. The minimum Gasteiger partial charge on any atom is -0.505 e. The lowest BCUT2D eigenvalue weighted by Gasteiger charge is -2.14. The van der Waals surface area contributed by atoms with Crippen LogP contribution in [0.1, 0.15) is 22.8 Å². The molecule has 38 heavy (non-hydrogen) atoms. The molecule has 196 valence electrons. The minimum atomic E-state index is -4.62. The van der Waals surface area contributed by atoms with E-state index in [1.54, 1.807) is 50.2 Å². The molecular formula is C26H21Cl2N3O6S. The van der Waals surface area contributed by atoms with Crippen LogP contribution in [0.2, 0.25) is 10.0 Å². The maximum absolute atomic E-state index is 13.3. The van der Waals surface area contributed by atoms with Crippen LogP contribution in [0.25, 0.3) is 10.8 Å². The summed E-state index contributed by atoms with van der Waals surface area (Å²) in [6, 6.07) is 15.8. The topological polar surface area (TPSA) is 138 Å². The van der Waals surface area contributed by atoms with E-state index in [9.17, 15) is 22.9 Å². The Hall–Kier alpha value is -3.70. The molecule has 4 aromatic rings. The van der Waals surface area contributed by atoms with Crippen molar-refractivity contribution < 1.29 is 27.6 Å². The third-order valence-corrected chi connectivity index (χ3v) is 7.05. The summed E-state index contributed by atoms with van der Waals surface area (Å²) in [7, 11) is -4.62. The summed E-state index contributed by atoms with van der Waals surface area (Å²) in [5.41, 5.74) is 0.552. The van der Waals surface area contributed by atoms with Gasteiger partial charge in [0.05, 0.1) is 22.9 Å². The van der Waals surface area contributed by atoms with Gasteiger partial charge in [0.25, 0.3) is 16.0 Å². The number of nitrogens with zero attached hydrogens (tertiary/aromatic N) is 2. The smallest absolute Gasteiger partial charge is 0.296 e. The number of anilines is 1. The van der Waals surface area contributed by atoms with E-state index < -0.39 is 26.7 Å². The zero-order chi connectivity index (χ0) is 27.6. The number of fused-ring (bicyclic) bond motifs is 1. The van der Waals surface area contributed by atoms with Gasteiger partial charge < -0.3 is 15.2 Å². The molecule has 0 aliphatic carbocycles. The van der Waals surface area contributed by atoms with Crippen molar-refractivity contribution in [3.05, 3.63) is 81.8 Å². The van der Waals surface area contributed by atoms with Crippen molar-refractivity contribution >= 4 is 67.1 Å². The average molecular weight is 574 g/mol. The van der Waals surface area contributed by atoms with Crippen LogP contribution in [-0.4, -0.2) is 30.6 Å². The monoisotopic (exact) mass is 573 g/mol. The Kier molecular flexibility index (Phi) is 7.89. The predicted octanol–water partition coefficient (Wildman–Crippen LogP) is 7.47. The molecular weight excluding hydrogens is 553 g/mol. The SMILES string of the molecule is CCOc1ccc(Cl)cc1NC(=O)c1cc2ccccc2c(N=Nc2cc(C)cc(S(=O)(=O)O)c2Cl)c1O. The maximum Gasteiger partial charge on any atom is 0.296 e. The van der Waals surface area contributed by atoms with E-state index in [1.807, 2.05) is 0 Å². The van der Waals surface area contributed by atoms with Crippen LogP contribution in [0, 0.1) is 6.92 Å². The first-order valence-electron chi connectivity index (χ1n) is 11.2. The van der Waals surface area contributed by atoms with Crippen LogP contribution in [0.4, 0.5) is 17.1 Å². The van der Waals surface area contributed by atoms with Gasteiger partial charge in [0.15, 0.2) is 5.75 Å². The number of nitrogens with one attached hydrogen (secondary N) is 1. The van der Waals surface area contributed by atoms with Gasteiger partial charge in [0.2, 0.25) is 0 Å². The fourth-order valence-corrected chi connectivity index (χ4v) is 5.02. The third kappa shape index (κ3) is 5.73. The largest absolute Gasteiger partial charge is 0.505 e. The quantitative estimate of drug-likeness (QED) is 0.155. The van der Waals surface area contributed by atoms with Crippen molar-refractivity contribution in [1.29, 1.82) is 0 Å². The number of carbonyl (C=O) groups is 1. The summed E-state index contributed by atoms with van der Waals surface area (Å²) in [5, 5.41) is 23.1. The molecule has 0 atom stereocenters. The first-order valence-corrected chi connectivity index (χ1v) is 13.4. The number of aromatic hydroxyl groups is 1. The second-order valence-electron chi connectivity index (χ2n) is 8.14. The summed E-state index contributed by atoms with van der Waals surface area (Å²) < 4.78 is 38.5. The summed E-state index contributed by atoms with van der Waals surface area (Å²) in [6.07, 6.45) is 0. The van der Waals surface area contributed by atoms with Crippen LogP contribution < -0.4 is 10.1 Å². The minimum absolute atomic E-state index is 0.0460. The number of phenolic OH excluding ortho intramolecular Hbond substituents is 1. The van der Waals surface area contributed by atoms with Crippen LogP contribution >= 0.6 is 23.2 Å². The van der Waals surface area contributed by atoms with Crippen molar-refractivity contribution in [3.8, 4) is 11.5 Å². The van der Waals surface area contributed by atoms with Gasteiger partial charge in [0, 0.05) is 10.4 Å². The normalized spacial score (nSPS) is 11.7. The highest BCUT2D eigenvalue weighted by molar-refractivity contribution is 7.86. The zero-order valence-corrected chi connectivity index (χ0v) is 22.4. The standard InChI is InChI=1S/C26H21Cl2N3O6S/c1-3-37-21-9-8-16(27)13-19(21)29-26(33)18-12-15-6-4-5-7-17(15)24(25(18)32)31-30-20-10-14(2)11-22(23(20)28)38(34,35)36/h4-13,32H,3H2,1-2H3,(H,29,33)(H,34,35,36). The number of halogens is 2. The molecule has 9 nitrogen and oxygen atoms in total. The average Bonchev–Trinajstić information content (AvgIpc) is 2.85. The van der Waals surface area contributed by atoms with Gasteiger partial charge in [0.1, 0.15) is 22.0 Å². The van der Waals surface area contributed by atoms with Gasteiger partial charge in [-0.1, -0.05) is 47.5 Å². The Labute approximate surface area is 228 Å². The van der Waals surface area contributed by atoms with Crippen molar-refractivity contribution in [2.24, 2.45) is 10.2 Å². The van der Waals surface area contributed by atoms with Gasteiger partial charge >= 0.3 is 0 Å². The van der Waals surface area contributed by atoms with E-state index in [2.05, 4.69) is 15.5 Å². The van der Waals surface area contributed by atoms with Crippen molar-refractivity contribution in [1.82, 2.24) is 0 Å². The molecule has 0 spiro atoms. The highest BCUT2D eigenvalue weighted by atomic mass is 35.5. The van der Waals surface area contributed by atoms with E-state index in [-0.39, 0.29) is 22.0 Å². The van der Waals surface area contributed by atoms with Gasteiger partial charge in [-0.25, -0.2) is 0 Å². The van der Waals surface area contributed by atoms with E-state index in [1.165, 1.54) is 24.3 Å². The second kappa shape index (κ2) is 11.0. The molecule has 0 radical (unpaired) electrons. The maximum atomic E-state index is 13.3. The molecule has 0 aliphatic heterocycles. The molecule has 0 bridgehead atoms. The lowest BCUT2D eigenvalue weighted by Crippen LogP contribution is -2.13. The third-order valence-electron chi connectivity index (χ3n) is 5.43.